The lowest BCUT2D eigenvalue weighted by atomic mass is 10.1. The van der Waals surface area contributed by atoms with Gasteiger partial charge in [-0.25, -0.2) is 0 Å². The second-order valence-electron chi connectivity index (χ2n) is 17.8. The average Bonchev–Trinajstić information content (AvgIpc) is 3.28. The van der Waals surface area contributed by atoms with E-state index in [1.54, 1.807) is 0 Å². The van der Waals surface area contributed by atoms with Crippen molar-refractivity contribution in [3.05, 3.63) is 60.8 Å². The van der Waals surface area contributed by atoms with Gasteiger partial charge in [0.25, 0.3) is 0 Å². The molecule has 0 aliphatic heterocycles. The Bertz CT molecular complexity index is 1150. The highest BCUT2D eigenvalue weighted by Crippen LogP contribution is 2.14. The molecule has 0 fully saturated rings. The Hall–Kier alpha value is -2.89. The molecular weight excluding hydrogens is 781 g/mol. The third-order valence-corrected chi connectivity index (χ3v) is 11.5. The van der Waals surface area contributed by atoms with Gasteiger partial charge >= 0.3 is 17.9 Å². The number of hydrogen-bond donors (Lipinski definition) is 0. The van der Waals surface area contributed by atoms with Crippen molar-refractivity contribution in [1.29, 1.82) is 0 Å². The Kier molecular flexibility index (Phi) is 49.4. The number of rotatable bonds is 48. The fourth-order valence-electron chi connectivity index (χ4n) is 7.38. The lowest BCUT2D eigenvalue weighted by Gasteiger charge is -2.18. The quantitative estimate of drug-likeness (QED) is 0.0262. The number of carbonyl (C=O) groups is 3. The molecule has 1 atom stereocenters. The number of ether oxygens (including phenoxy) is 3. The molecule has 0 aliphatic carbocycles. The van der Waals surface area contributed by atoms with Crippen molar-refractivity contribution in [3.8, 4) is 0 Å². The van der Waals surface area contributed by atoms with E-state index in [0.29, 0.717) is 19.3 Å². The highest BCUT2D eigenvalue weighted by molar-refractivity contribution is 5.71. The summed E-state index contributed by atoms with van der Waals surface area (Å²) < 4.78 is 16.8. The summed E-state index contributed by atoms with van der Waals surface area (Å²) in [7, 11) is 0. The lowest BCUT2D eigenvalue weighted by Crippen LogP contribution is -2.30. The topological polar surface area (TPSA) is 78.9 Å². The molecule has 0 N–H and O–H groups in total. The van der Waals surface area contributed by atoms with Crippen molar-refractivity contribution in [3.63, 3.8) is 0 Å². The van der Waals surface area contributed by atoms with E-state index in [4.69, 9.17) is 14.2 Å². The molecule has 0 radical (unpaired) electrons. The van der Waals surface area contributed by atoms with Crippen LogP contribution < -0.4 is 0 Å². The monoisotopic (exact) mass is 881 g/mol. The van der Waals surface area contributed by atoms with Crippen molar-refractivity contribution in [1.82, 2.24) is 0 Å². The summed E-state index contributed by atoms with van der Waals surface area (Å²) in [5.41, 5.74) is 0. The van der Waals surface area contributed by atoms with Gasteiger partial charge in [-0.2, -0.15) is 0 Å². The molecular formula is C57H100O6. The van der Waals surface area contributed by atoms with E-state index in [0.717, 1.165) is 109 Å². The lowest BCUT2D eigenvalue weighted by molar-refractivity contribution is -0.167. The molecule has 0 saturated carbocycles. The molecule has 0 aromatic rings. The summed E-state index contributed by atoms with van der Waals surface area (Å²) in [6, 6.07) is 0. The molecule has 0 bridgehead atoms. The van der Waals surface area contributed by atoms with E-state index in [-0.39, 0.29) is 31.1 Å². The fraction of sp³-hybridized carbons (Fsp3) is 0.772. The van der Waals surface area contributed by atoms with Crippen molar-refractivity contribution in [2.24, 2.45) is 0 Å². The Labute approximate surface area is 390 Å². The van der Waals surface area contributed by atoms with Gasteiger partial charge in [-0.15, -0.1) is 0 Å². The smallest absolute Gasteiger partial charge is 0.306 e. The van der Waals surface area contributed by atoms with E-state index in [2.05, 4.69) is 81.5 Å². The molecule has 63 heavy (non-hydrogen) atoms. The van der Waals surface area contributed by atoms with Crippen LogP contribution in [0.5, 0.6) is 0 Å². The van der Waals surface area contributed by atoms with Gasteiger partial charge in [0.05, 0.1) is 0 Å². The summed E-state index contributed by atoms with van der Waals surface area (Å²) in [4.78, 5) is 38.0. The fourth-order valence-corrected chi connectivity index (χ4v) is 7.38. The van der Waals surface area contributed by atoms with Crippen molar-refractivity contribution in [2.45, 2.75) is 271 Å². The maximum atomic E-state index is 12.8. The zero-order valence-electron chi connectivity index (χ0n) is 41.6. The molecule has 0 rings (SSSR count). The highest BCUT2D eigenvalue weighted by atomic mass is 16.6. The van der Waals surface area contributed by atoms with Gasteiger partial charge in [-0.1, -0.05) is 197 Å². The summed E-state index contributed by atoms with van der Waals surface area (Å²) in [5, 5.41) is 0. The second kappa shape index (κ2) is 51.7. The van der Waals surface area contributed by atoms with Crippen LogP contribution in [0.4, 0.5) is 0 Å². The molecule has 0 saturated heterocycles. The van der Waals surface area contributed by atoms with Crippen LogP contribution in [0.3, 0.4) is 0 Å². The van der Waals surface area contributed by atoms with E-state index >= 15 is 0 Å². The summed E-state index contributed by atoms with van der Waals surface area (Å²) in [5.74, 6) is -0.919. The SMILES string of the molecule is CCCCC/C=C\C/C=C\CCCCCCCC(=O)OCC(COC(=O)CCCCCCC/C=C\CCCCCCCC)OC(=O)CCCCCCC/C=C\C/C=C\CCCCC. The van der Waals surface area contributed by atoms with Gasteiger partial charge in [0, 0.05) is 19.3 Å². The van der Waals surface area contributed by atoms with Crippen LogP contribution in [0, 0.1) is 0 Å². The minimum Gasteiger partial charge on any atom is -0.462 e. The third-order valence-electron chi connectivity index (χ3n) is 11.5. The number of esters is 3. The van der Waals surface area contributed by atoms with Crippen LogP contribution in [-0.4, -0.2) is 37.2 Å². The van der Waals surface area contributed by atoms with Gasteiger partial charge in [0.15, 0.2) is 6.10 Å². The van der Waals surface area contributed by atoms with Crippen LogP contribution in [0.1, 0.15) is 265 Å². The number of unbranched alkanes of at least 4 members (excludes halogenated alkanes) is 27. The average molecular weight is 881 g/mol. The van der Waals surface area contributed by atoms with E-state index in [1.807, 2.05) is 0 Å². The van der Waals surface area contributed by atoms with Crippen LogP contribution in [0.25, 0.3) is 0 Å². The standard InChI is InChI=1S/C57H100O6/c1-4-7-10-13-16-19-22-25-28-31-34-37-40-43-46-49-55(58)61-52-54(63-57(60)51-48-45-42-39-36-33-30-27-24-21-18-15-12-9-6-3)53-62-56(59)50-47-44-41-38-35-32-29-26-23-20-17-14-11-8-5-2/h16,18-19,21,25-30,54H,4-15,17,20,22-24,31-53H2,1-3H3/b19-16-,21-18-,28-25-,29-26-,30-27-. The third kappa shape index (κ3) is 50.0. The summed E-state index contributed by atoms with van der Waals surface area (Å²) >= 11 is 0. The zero-order valence-corrected chi connectivity index (χ0v) is 41.6. The normalized spacial score (nSPS) is 12.5. The van der Waals surface area contributed by atoms with Crippen LogP contribution in [-0.2, 0) is 28.6 Å². The van der Waals surface area contributed by atoms with Gasteiger partial charge < -0.3 is 14.2 Å². The Morgan fingerprint density at radius 3 is 0.921 bits per heavy atom. The molecule has 0 aromatic carbocycles. The highest BCUT2D eigenvalue weighted by Gasteiger charge is 2.19. The minimum atomic E-state index is -0.790. The molecule has 6 heteroatoms. The van der Waals surface area contributed by atoms with E-state index < -0.39 is 6.10 Å². The van der Waals surface area contributed by atoms with Gasteiger partial charge in [0.2, 0.25) is 0 Å². The minimum absolute atomic E-state index is 0.0885. The largest absolute Gasteiger partial charge is 0.462 e. The van der Waals surface area contributed by atoms with Crippen LogP contribution in [0.2, 0.25) is 0 Å². The summed E-state index contributed by atoms with van der Waals surface area (Å²) in [6.07, 6.45) is 63.4. The van der Waals surface area contributed by atoms with Crippen molar-refractivity contribution >= 4 is 17.9 Å². The number of hydrogen-bond acceptors (Lipinski definition) is 6. The van der Waals surface area contributed by atoms with Gasteiger partial charge in [-0.3, -0.25) is 14.4 Å². The second-order valence-corrected chi connectivity index (χ2v) is 17.8. The Balaban J connectivity index is 4.44. The van der Waals surface area contributed by atoms with Crippen LogP contribution >= 0.6 is 0 Å². The predicted octanol–water partition coefficient (Wildman–Crippen LogP) is 17.6. The van der Waals surface area contributed by atoms with E-state index in [9.17, 15) is 14.4 Å². The first-order chi connectivity index (χ1) is 31.0. The first kappa shape index (κ1) is 60.1. The molecule has 0 aromatic heterocycles. The zero-order chi connectivity index (χ0) is 45.8. The van der Waals surface area contributed by atoms with Crippen molar-refractivity contribution in [2.75, 3.05) is 13.2 Å². The Morgan fingerprint density at radius 1 is 0.317 bits per heavy atom. The maximum absolute atomic E-state index is 12.8. The molecule has 0 spiro atoms. The molecule has 1 unspecified atom stereocenters. The molecule has 0 aliphatic rings. The number of allylic oxidation sites excluding steroid dienone is 10. The van der Waals surface area contributed by atoms with Gasteiger partial charge in [-0.05, 0) is 109 Å². The van der Waals surface area contributed by atoms with Crippen LogP contribution in [0.15, 0.2) is 60.8 Å². The van der Waals surface area contributed by atoms with Crippen molar-refractivity contribution < 1.29 is 28.6 Å². The number of carbonyl (C=O) groups excluding carboxylic acids is 3. The van der Waals surface area contributed by atoms with Gasteiger partial charge in [0.1, 0.15) is 13.2 Å². The van der Waals surface area contributed by atoms with E-state index in [1.165, 1.54) is 116 Å². The molecule has 6 nitrogen and oxygen atoms in total. The maximum Gasteiger partial charge on any atom is 0.306 e. The molecule has 364 valence electrons. The molecule has 0 amide bonds. The Morgan fingerprint density at radius 2 is 0.571 bits per heavy atom. The first-order valence-electron chi connectivity index (χ1n) is 26.8. The summed E-state index contributed by atoms with van der Waals surface area (Å²) in [6.45, 7) is 6.56. The molecule has 0 heterocycles. The first-order valence-corrected chi connectivity index (χ1v) is 26.8. The predicted molar refractivity (Wildman–Crippen MR) is 270 cm³/mol.